The molecule has 2 heterocycles. The number of nitrogens with zero attached hydrogens (tertiary/aromatic N) is 4. The molecule has 6 nitrogen and oxygen atoms in total. The predicted octanol–water partition coefficient (Wildman–Crippen LogP) is 2.80. The fraction of sp³-hybridized carbons (Fsp3) is 0.632. The van der Waals surface area contributed by atoms with E-state index in [0.717, 1.165) is 42.6 Å². The molecule has 0 unspecified atom stereocenters. The van der Waals surface area contributed by atoms with Crippen LogP contribution >= 0.6 is 0 Å². The lowest BCUT2D eigenvalue weighted by Gasteiger charge is -2.19. The number of anilines is 1. The molecule has 3 fully saturated rings. The highest BCUT2D eigenvalue weighted by molar-refractivity contribution is 5.59. The molecule has 0 spiro atoms. The summed E-state index contributed by atoms with van der Waals surface area (Å²) in [7, 11) is 0. The van der Waals surface area contributed by atoms with Gasteiger partial charge < -0.3 is 11.1 Å². The van der Waals surface area contributed by atoms with E-state index in [1.807, 2.05) is 0 Å². The zero-order valence-corrected chi connectivity index (χ0v) is 14.4. The van der Waals surface area contributed by atoms with Crippen LogP contribution in [-0.4, -0.2) is 26.7 Å². The first-order chi connectivity index (χ1) is 12.2. The highest BCUT2D eigenvalue weighted by atomic mass is 15.3. The fourth-order valence-electron chi connectivity index (χ4n) is 4.47. The summed E-state index contributed by atoms with van der Waals surface area (Å²) in [5, 5.41) is 17.5. The molecule has 3 aliphatic carbocycles. The van der Waals surface area contributed by atoms with Gasteiger partial charge >= 0.3 is 0 Å². The van der Waals surface area contributed by atoms with Gasteiger partial charge in [0.05, 0.1) is 11.9 Å². The molecule has 6 heteroatoms. The molecule has 0 amide bonds. The minimum atomic E-state index is 0.285. The van der Waals surface area contributed by atoms with Gasteiger partial charge in [-0.3, -0.25) is 0 Å². The van der Waals surface area contributed by atoms with Crippen molar-refractivity contribution in [3.05, 3.63) is 23.5 Å². The van der Waals surface area contributed by atoms with Gasteiger partial charge in [-0.1, -0.05) is 0 Å². The van der Waals surface area contributed by atoms with Crippen LogP contribution in [-0.2, 0) is 0 Å². The molecule has 3 saturated carbocycles. The number of hydrogen-bond donors (Lipinski definition) is 2. The van der Waals surface area contributed by atoms with E-state index in [0.29, 0.717) is 23.2 Å². The number of rotatable bonds is 5. The number of fused-ring (bicyclic) bond motifs is 1. The lowest BCUT2D eigenvalue weighted by molar-refractivity contribution is 0.524. The summed E-state index contributed by atoms with van der Waals surface area (Å²) in [6.07, 6.45) is 10.0. The van der Waals surface area contributed by atoms with E-state index in [-0.39, 0.29) is 6.04 Å². The van der Waals surface area contributed by atoms with E-state index in [9.17, 15) is 5.26 Å². The zero-order valence-electron chi connectivity index (χ0n) is 14.4. The molecule has 0 radical (unpaired) electrons. The molecule has 0 aliphatic heterocycles. The Bertz CT molecular complexity index is 829. The monoisotopic (exact) mass is 336 g/mol. The Morgan fingerprint density at radius 3 is 2.56 bits per heavy atom. The van der Waals surface area contributed by atoms with Gasteiger partial charge in [0, 0.05) is 24.1 Å². The minimum absolute atomic E-state index is 0.285. The summed E-state index contributed by atoms with van der Waals surface area (Å²) >= 11 is 0. The van der Waals surface area contributed by atoms with E-state index >= 15 is 0 Å². The van der Waals surface area contributed by atoms with E-state index < -0.39 is 0 Å². The Morgan fingerprint density at radius 2 is 1.96 bits per heavy atom. The second kappa shape index (κ2) is 5.70. The van der Waals surface area contributed by atoms with Crippen molar-refractivity contribution < 1.29 is 0 Å². The molecule has 3 aliphatic rings. The molecule has 5 rings (SSSR count). The number of nitrogens with one attached hydrogen (secondary N) is 1. The van der Waals surface area contributed by atoms with E-state index in [1.54, 1.807) is 10.7 Å². The topological polar surface area (TPSA) is 92.0 Å². The van der Waals surface area contributed by atoms with E-state index in [4.69, 9.17) is 10.7 Å². The Kier molecular flexibility index (Phi) is 3.46. The van der Waals surface area contributed by atoms with Gasteiger partial charge in [-0.25, -0.2) is 4.98 Å². The molecule has 0 saturated heterocycles. The highest BCUT2D eigenvalue weighted by Gasteiger charge is 2.43. The van der Waals surface area contributed by atoms with Crippen LogP contribution in [0, 0.1) is 23.2 Å². The zero-order chi connectivity index (χ0) is 17.0. The van der Waals surface area contributed by atoms with Gasteiger partial charge in [0.25, 0.3) is 0 Å². The Hall–Kier alpha value is -2.13. The smallest absolute Gasteiger partial charge is 0.175 e. The Balaban J connectivity index is 1.57. The van der Waals surface area contributed by atoms with Crippen LogP contribution in [0.3, 0.4) is 0 Å². The largest absolute Gasteiger partial charge is 0.367 e. The van der Waals surface area contributed by atoms with Gasteiger partial charge in [0.1, 0.15) is 17.5 Å². The van der Waals surface area contributed by atoms with Crippen LogP contribution in [0.2, 0.25) is 0 Å². The summed E-state index contributed by atoms with van der Waals surface area (Å²) in [5.41, 5.74) is 8.47. The van der Waals surface area contributed by atoms with Crippen molar-refractivity contribution in [2.45, 2.75) is 62.9 Å². The molecule has 130 valence electrons. The normalized spacial score (nSPS) is 26.3. The van der Waals surface area contributed by atoms with Gasteiger partial charge in [-0.15, -0.1) is 0 Å². The third-order valence-corrected chi connectivity index (χ3v) is 6.04. The highest BCUT2D eigenvalue weighted by Crippen LogP contribution is 2.54. The Morgan fingerprint density at radius 1 is 1.20 bits per heavy atom. The maximum absolute atomic E-state index is 9.43. The molecule has 2 atom stereocenters. The van der Waals surface area contributed by atoms with Gasteiger partial charge in [-0.2, -0.15) is 14.9 Å². The van der Waals surface area contributed by atoms with E-state index in [1.165, 1.54) is 25.7 Å². The number of nitrogens with two attached hydrogens (primary N) is 1. The third-order valence-electron chi connectivity index (χ3n) is 6.04. The second-order valence-corrected chi connectivity index (χ2v) is 8.09. The maximum Gasteiger partial charge on any atom is 0.175 e. The minimum Gasteiger partial charge on any atom is -0.367 e. The van der Waals surface area contributed by atoms with Crippen molar-refractivity contribution >= 4 is 11.5 Å². The molecule has 2 aromatic rings. The SMILES string of the molecule is N#Cc1cnn2c(N[C@H]3CC[C@H](N)C3)cc(C(C3CC3)C3CC3)nc12. The van der Waals surface area contributed by atoms with Gasteiger partial charge in [0.2, 0.25) is 0 Å². The van der Waals surface area contributed by atoms with E-state index in [2.05, 4.69) is 22.6 Å². The first-order valence-corrected chi connectivity index (χ1v) is 9.54. The summed E-state index contributed by atoms with van der Waals surface area (Å²) in [6, 6.07) is 5.09. The average molecular weight is 336 g/mol. The van der Waals surface area contributed by atoms with Gasteiger partial charge in [0.15, 0.2) is 5.65 Å². The maximum atomic E-state index is 9.43. The second-order valence-electron chi connectivity index (χ2n) is 8.09. The Labute approximate surface area is 147 Å². The summed E-state index contributed by atoms with van der Waals surface area (Å²) < 4.78 is 1.79. The molecule has 0 bridgehead atoms. The van der Waals surface area contributed by atoms with Gasteiger partial charge in [-0.05, 0) is 56.8 Å². The number of aromatic nitrogens is 3. The predicted molar refractivity (Wildman–Crippen MR) is 95.1 cm³/mol. The van der Waals surface area contributed by atoms with Crippen LogP contribution in [0.25, 0.3) is 5.65 Å². The summed E-state index contributed by atoms with van der Waals surface area (Å²) in [5.74, 6) is 3.08. The molecular weight excluding hydrogens is 312 g/mol. The third kappa shape index (κ3) is 2.77. The summed E-state index contributed by atoms with van der Waals surface area (Å²) in [6.45, 7) is 0. The van der Waals surface area contributed by atoms with Crippen LogP contribution in [0.5, 0.6) is 0 Å². The molecule has 25 heavy (non-hydrogen) atoms. The van der Waals surface area contributed by atoms with Crippen molar-refractivity contribution in [3.8, 4) is 6.07 Å². The van der Waals surface area contributed by atoms with Crippen molar-refractivity contribution in [1.29, 1.82) is 5.26 Å². The average Bonchev–Trinajstić information content (AvgIpc) is 3.52. The quantitative estimate of drug-likeness (QED) is 0.876. The standard InChI is InChI=1S/C19H24N6/c20-9-13-10-22-25-17(23-15-6-5-14(21)7-15)8-16(24-19(13)25)18(11-1-2-11)12-3-4-12/h8,10-12,14-15,18,23H,1-7,21H2/t14-,15-/m0/s1. The van der Waals surface area contributed by atoms with Crippen molar-refractivity contribution in [2.75, 3.05) is 5.32 Å². The van der Waals surface area contributed by atoms with Crippen LogP contribution in [0.15, 0.2) is 12.3 Å². The van der Waals surface area contributed by atoms with Crippen LogP contribution in [0.4, 0.5) is 5.82 Å². The molecule has 0 aromatic carbocycles. The lowest BCUT2D eigenvalue weighted by Crippen LogP contribution is -2.22. The molecular formula is C19H24N6. The fourth-order valence-corrected chi connectivity index (χ4v) is 4.47. The van der Waals surface area contributed by atoms with Crippen molar-refractivity contribution in [1.82, 2.24) is 14.6 Å². The first kappa shape index (κ1) is 15.2. The lowest BCUT2D eigenvalue weighted by atomic mass is 9.93. The first-order valence-electron chi connectivity index (χ1n) is 9.54. The number of nitriles is 1. The molecule has 3 N–H and O–H groups in total. The van der Waals surface area contributed by atoms with Crippen LogP contribution in [0.1, 0.15) is 62.1 Å². The molecule has 2 aromatic heterocycles. The van der Waals surface area contributed by atoms with Crippen LogP contribution < -0.4 is 11.1 Å². The number of hydrogen-bond acceptors (Lipinski definition) is 5. The van der Waals surface area contributed by atoms with Crippen molar-refractivity contribution in [3.63, 3.8) is 0 Å². The summed E-state index contributed by atoms with van der Waals surface area (Å²) in [4.78, 5) is 4.89. The van der Waals surface area contributed by atoms with Crippen molar-refractivity contribution in [2.24, 2.45) is 17.6 Å².